The summed E-state index contributed by atoms with van der Waals surface area (Å²) >= 11 is 3.63. The van der Waals surface area contributed by atoms with Crippen LogP contribution >= 0.6 is 15.9 Å². The van der Waals surface area contributed by atoms with Crippen LogP contribution in [-0.4, -0.2) is 60.1 Å². The van der Waals surface area contributed by atoms with Crippen LogP contribution in [0.4, 0.5) is 0 Å². The summed E-state index contributed by atoms with van der Waals surface area (Å²) in [6, 6.07) is 6.06. The van der Waals surface area contributed by atoms with Gasteiger partial charge in [-0.15, -0.1) is 0 Å². The normalized spacial score (nSPS) is 22.6. The molecule has 3 heterocycles. The highest BCUT2D eigenvalue weighted by atomic mass is 79.9. The SMILES string of the molecule is CCOc1ccc(Br)c(CN2CC3(CC(CC4(C(=O)O)CCNCC4)=NO3)C2)c1. The van der Waals surface area contributed by atoms with Gasteiger partial charge in [0, 0.05) is 36.9 Å². The molecule has 2 fully saturated rings. The average molecular weight is 466 g/mol. The molecule has 1 aromatic rings. The van der Waals surface area contributed by atoms with Crippen LogP contribution in [0.15, 0.2) is 27.8 Å². The summed E-state index contributed by atoms with van der Waals surface area (Å²) in [5, 5.41) is 17.4. The van der Waals surface area contributed by atoms with Crippen molar-refractivity contribution in [3.8, 4) is 5.75 Å². The van der Waals surface area contributed by atoms with Gasteiger partial charge < -0.3 is 20.0 Å². The standard InChI is InChI=1S/C21H28BrN3O4/c1-2-28-17-3-4-18(22)15(9-17)12-25-13-21(14-25)11-16(24-29-21)10-20(19(26)27)5-7-23-8-6-20/h3-4,9,23H,2,5-8,10-14H2,1H3,(H,26,27). The fourth-order valence-electron chi connectivity index (χ4n) is 4.67. The lowest BCUT2D eigenvalue weighted by atomic mass is 9.73. The van der Waals surface area contributed by atoms with E-state index in [9.17, 15) is 9.90 Å². The molecule has 4 rings (SSSR count). The minimum Gasteiger partial charge on any atom is -0.494 e. The van der Waals surface area contributed by atoms with E-state index in [1.165, 1.54) is 5.56 Å². The summed E-state index contributed by atoms with van der Waals surface area (Å²) in [4.78, 5) is 20.1. The Morgan fingerprint density at radius 2 is 2.14 bits per heavy atom. The Labute approximate surface area is 179 Å². The zero-order valence-electron chi connectivity index (χ0n) is 16.7. The minimum atomic E-state index is -0.711. The van der Waals surface area contributed by atoms with Gasteiger partial charge in [-0.1, -0.05) is 21.1 Å². The number of rotatable bonds is 7. The summed E-state index contributed by atoms with van der Waals surface area (Å²) < 4.78 is 6.68. The number of carboxylic acids is 1. The van der Waals surface area contributed by atoms with Crippen LogP contribution < -0.4 is 10.1 Å². The molecule has 2 N–H and O–H groups in total. The molecule has 0 atom stereocenters. The number of hydrogen-bond donors (Lipinski definition) is 2. The van der Waals surface area contributed by atoms with E-state index in [0.29, 0.717) is 25.9 Å². The van der Waals surface area contributed by atoms with Crippen molar-refractivity contribution < 1.29 is 19.5 Å². The van der Waals surface area contributed by atoms with Crippen molar-refractivity contribution in [2.75, 3.05) is 32.8 Å². The third-order valence-electron chi connectivity index (χ3n) is 6.20. The Hall–Kier alpha value is -1.64. The van der Waals surface area contributed by atoms with Gasteiger partial charge in [0.05, 0.1) is 17.7 Å². The predicted molar refractivity (Wildman–Crippen MR) is 113 cm³/mol. The molecule has 0 radical (unpaired) electrons. The van der Waals surface area contributed by atoms with Gasteiger partial charge in [-0.3, -0.25) is 9.69 Å². The molecular formula is C21H28BrN3O4. The summed E-state index contributed by atoms with van der Waals surface area (Å²) in [6.45, 7) is 6.53. The van der Waals surface area contributed by atoms with Gasteiger partial charge in [0.25, 0.3) is 0 Å². The fraction of sp³-hybridized carbons (Fsp3) is 0.619. The first-order valence-corrected chi connectivity index (χ1v) is 11.0. The second-order valence-corrected chi connectivity index (χ2v) is 9.31. The maximum Gasteiger partial charge on any atom is 0.310 e. The first kappa shape index (κ1) is 20.6. The number of likely N-dealkylation sites (tertiary alicyclic amines) is 1. The molecular weight excluding hydrogens is 438 g/mol. The van der Waals surface area contributed by atoms with Gasteiger partial charge in [0.15, 0.2) is 5.60 Å². The molecule has 0 aromatic heterocycles. The highest BCUT2D eigenvalue weighted by molar-refractivity contribution is 9.10. The Balaban J connectivity index is 1.32. The third-order valence-corrected chi connectivity index (χ3v) is 6.97. The van der Waals surface area contributed by atoms with Crippen molar-refractivity contribution in [3.63, 3.8) is 0 Å². The van der Waals surface area contributed by atoms with E-state index in [2.05, 4.69) is 37.4 Å². The number of piperidine rings is 1. The molecule has 3 aliphatic rings. The van der Waals surface area contributed by atoms with Gasteiger partial charge in [-0.25, -0.2) is 0 Å². The van der Waals surface area contributed by atoms with Crippen LogP contribution in [0.2, 0.25) is 0 Å². The zero-order valence-corrected chi connectivity index (χ0v) is 18.3. The number of benzene rings is 1. The van der Waals surface area contributed by atoms with Gasteiger partial charge in [-0.2, -0.15) is 0 Å². The third kappa shape index (κ3) is 4.29. The number of carboxylic acid groups (broad SMARTS) is 1. The molecule has 7 nitrogen and oxygen atoms in total. The summed E-state index contributed by atoms with van der Waals surface area (Å²) in [5.74, 6) is 0.168. The zero-order chi connectivity index (χ0) is 20.5. The molecule has 3 aliphatic heterocycles. The van der Waals surface area contributed by atoms with Crippen molar-refractivity contribution in [1.82, 2.24) is 10.2 Å². The predicted octanol–water partition coefficient (Wildman–Crippen LogP) is 3.02. The van der Waals surface area contributed by atoms with Crippen LogP contribution in [0.1, 0.15) is 38.2 Å². The number of nitrogens with zero attached hydrogens (tertiary/aromatic N) is 2. The second-order valence-electron chi connectivity index (χ2n) is 8.45. The van der Waals surface area contributed by atoms with E-state index >= 15 is 0 Å². The number of hydrogen-bond acceptors (Lipinski definition) is 6. The average Bonchev–Trinajstić information content (AvgIpc) is 3.08. The fourth-order valence-corrected chi connectivity index (χ4v) is 5.05. The molecule has 2 saturated heterocycles. The molecule has 0 aliphatic carbocycles. The van der Waals surface area contributed by atoms with Crippen LogP contribution in [0.5, 0.6) is 5.75 Å². The lowest BCUT2D eigenvalue weighted by molar-refractivity contribution is -0.150. The monoisotopic (exact) mass is 465 g/mol. The molecule has 0 unspecified atom stereocenters. The van der Waals surface area contributed by atoms with E-state index in [1.54, 1.807) is 0 Å². The van der Waals surface area contributed by atoms with Gasteiger partial charge in [0.1, 0.15) is 5.75 Å². The van der Waals surface area contributed by atoms with Gasteiger partial charge >= 0.3 is 5.97 Å². The van der Waals surface area contributed by atoms with Crippen LogP contribution in [0.25, 0.3) is 0 Å². The Morgan fingerprint density at radius 1 is 1.38 bits per heavy atom. The number of ether oxygens (including phenoxy) is 1. The number of halogens is 1. The highest BCUT2D eigenvalue weighted by Crippen LogP contribution is 2.41. The van der Waals surface area contributed by atoms with Crippen molar-refractivity contribution >= 4 is 27.6 Å². The highest BCUT2D eigenvalue weighted by Gasteiger charge is 2.51. The second kappa shape index (κ2) is 8.24. The molecule has 1 aromatic carbocycles. The lowest BCUT2D eigenvalue weighted by Crippen LogP contribution is -2.61. The van der Waals surface area contributed by atoms with Gasteiger partial charge in [-0.05, 0) is 56.6 Å². The summed E-state index contributed by atoms with van der Waals surface area (Å²) in [6.07, 6.45) is 2.51. The Morgan fingerprint density at radius 3 is 2.83 bits per heavy atom. The first-order valence-electron chi connectivity index (χ1n) is 10.3. The molecule has 8 heteroatoms. The number of nitrogens with one attached hydrogen (secondary N) is 1. The minimum absolute atomic E-state index is 0.286. The Kier molecular flexibility index (Phi) is 5.86. The maximum absolute atomic E-state index is 11.9. The largest absolute Gasteiger partial charge is 0.494 e. The number of oxime groups is 1. The molecule has 0 bridgehead atoms. The van der Waals surface area contributed by atoms with Crippen LogP contribution in [0, 0.1) is 5.41 Å². The molecule has 0 saturated carbocycles. The summed E-state index contributed by atoms with van der Waals surface area (Å²) in [5.41, 5.74) is 1.09. The number of aliphatic carboxylic acids is 1. The molecule has 29 heavy (non-hydrogen) atoms. The van der Waals surface area contributed by atoms with E-state index in [-0.39, 0.29) is 5.60 Å². The van der Waals surface area contributed by atoms with Crippen molar-refractivity contribution in [2.45, 2.75) is 44.8 Å². The van der Waals surface area contributed by atoms with E-state index in [4.69, 9.17) is 9.57 Å². The Bertz CT molecular complexity index is 801. The lowest BCUT2D eigenvalue weighted by Gasteiger charge is -2.45. The number of carbonyl (C=O) groups is 1. The topological polar surface area (TPSA) is 83.4 Å². The van der Waals surface area contributed by atoms with Crippen LogP contribution in [0.3, 0.4) is 0 Å². The van der Waals surface area contributed by atoms with Crippen molar-refractivity contribution in [1.29, 1.82) is 0 Å². The maximum atomic E-state index is 11.9. The van der Waals surface area contributed by atoms with Crippen molar-refractivity contribution in [3.05, 3.63) is 28.2 Å². The van der Waals surface area contributed by atoms with Crippen LogP contribution in [-0.2, 0) is 16.2 Å². The molecule has 0 amide bonds. The quantitative estimate of drug-likeness (QED) is 0.643. The first-order chi connectivity index (χ1) is 13.9. The smallest absolute Gasteiger partial charge is 0.310 e. The van der Waals surface area contributed by atoms with Crippen molar-refractivity contribution in [2.24, 2.45) is 10.6 Å². The molecule has 1 spiro atoms. The summed E-state index contributed by atoms with van der Waals surface area (Å²) in [7, 11) is 0. The van der Waals surface area contributed by atoms with E-state index in [1.807, 2.05) is 19.1 Å². The van der Waals surface area contributed by atoms with E-state index in [0.717, 1.165) is 55.1 Å². The molecule has 158 valence electrons. The van der Waals surface area contributed by atoms with E-state index < -0.39 is 11.4 Å². The van der Waals surface area contributed by atoms with Gasteiger partial charge in [0.2, 0.25) is 0 Å².